The van der Waals surface area contributed by atoms with Gasteiger partial charge in [-0.2, -0.15) is 0 Å². The number of benzene rings is 1. The number of nitrogens with one attached hydrogen (secondary N) is 1. The number of carbonyl (C=O) groups excluding carboxylic acids is 1. The van der Waals surface area contributed by atoms with Gasteiger partial charge in [0.15, 0.2) is 0 Å². The molecule has 0 aromatic heterocycles. The van der Waals surface area contributed by atoms with Crippen LogP contribution in [0.25, 0.3) is 0 Å². The van der Waals surface area contributed by atoms with E-state index in [0.717, 1.165) is 5.56 Å². The molecule has 0 unspecified atom stereocenters. The minimum Gasteiger partial charge on any atom is -0.319 e. The Labute approximate surface area is 150 Å². The van der Waals surface area contributed by atoms with Gasteiger partial charge in [-0.15, -0.1) is 12.4 Å². The molecule has 136 valence electrons. The van der Waals surface area contributed by atoms with Crippen molar-refractivity contribution < 1.29 is 13.2 Å². The number of nitrogens with zero attached hydrogens (tertiary/aromatic N) is 1. The van der Waals surface area contributed by atoms with Crippen LogP contribution in [0.5, 0.6) is 0 Å². The highest BCUT2D eigenvalue weighted by atomic mass is 35.5. The van der Waals surface area contributed by atoms with Gasteiger partial charge in [0.05, 0.1) is 10.9 Å². The van der Waals surface area contributed by atoms with Gasteiger partial charge in [0.2, 0.25) is 15.9 Å². The Kier molecular flexibility index (Phi) is 6.43. The van der Waals surface area contributed by atoms with Crippen molar-refractivity contribution in [2.75, 3.05) is 18.0 Å². The first-order chi connectivity index (χ1) is 10.6. The summed E-state index contributed by atoms with van der Waals surface area (Å²) in [5, 5.41) is 0. The minimum absolute atomic E-state index is 0. The van der Waals surface area contributed by atoms with Gasteiger partial charge in [0, 0.05) is 18.8 Å². The molecule has 0 aliphatic carbocycles. The summed E-state index contributed by atoms with van der Waals surface area (Å²) < 4.78 is 26.8. The standard InChI is InChI=1S/C16H25N3O3S.ClH/c1-5-18-23(21,22)12-7-6-11-8-9-19(13(11)10-12)15(20)14(17)16(2,3)4;/h6-7,10,14,18H,5,8-9,17H2,1-4H3;1H/t14-;/m1./s1. The van der Waals surface area contributed by atoms with Crippen LogP contribution < -0.4 is 15.4 Å². The maximum absolute atomic E-state index is 12.7. The normalized spacial score (nSPS) is 15.6. The van der Waals surface area contributed by atoms with E-state index in [2.05, 4.69) is 4.72 Å². The SMILES string of the molecule is CCNS(=O)(=O)c1ccc2c(c1)N(C(=O)[C@@H](N)C(C)(C)C)CC2.Cl. The number of amides is 1. The third-order valence-corrected chi connectivity index (χ3v) is 5.61. The van der Waals surface area contributed by atoms with Crippen LogP contribution in [-0.2, 0) is 21.2 Å². The van der Waals surface area contributed by atoms with Gasteiger partial charge in [0.25, 0.3) is 0 Å². The van der Waals surface area contributed by atoms with Crippen molar-refractivity contribution in [3.63, 3.8) is 0 Å². The molecule has 6 nitrogen and oxygen atoms in total. The Morgan fingerprint density at radius 3 is 2.54 bits per heavy atom. The summed E-state index contributed by atoms with van der Waals surface area (Å²) in [6, 6.07) is 4.28. The van der Waals surface area contributed by atoms with Crippen LogP contribution in [-0.4, -0.2) is 33.5 Å². The molecule has 2 rings (SSSR count). The number of sulfonamides is 1. The van der Waals surface area contributed by atoms with Gasteiger partial charge in [-0.05, 0) is 29.5 Å². The van der Waals surface area contributed by atoms with Gasteiger partial charge in [-0.3, -0.25) is 4.79 Å². The highest BCUT2D eigenvalue weighted by Crippen LogP contribution is 2.32. The molecule has 1 aliphatic heterocycles. The third kappa shape index (κ3) is 4.08. The molecule has 1 amide bonds. The van der Waals surface area contributed by atoms with Crippen molar-refractivity contribution in [3.05, 3.63) is 23.8 Å². The number of carbonyl (C=O) groups is 1. The summed E-state index contributed by atoms with van der Waals surface area (Å²) in [7, 11) is -3.55. The molecular formula is C16H26ClN3O3S. The Morgan fingerprint density at radius 2 is 2.00 bits per heavy atom. The van der Waals surface area contributed by atoms with Crippen molar-refractivity contribution in [2.24, 2.45) is 11.1 Å². The molecule has 0 spiro atoms. The molecule has 0 saturated carbocycles. The lowest BCUT2D eigenvalue weighted by Gasteiger charge is -2.30. The van der Waals surface area contributed by atoms with Gasteiger partial charge in [-0.1, -0.05) is 33.8 Å². The fraction of sp³-hybridized carbons (Fsp3) is 0.562. The number of hydrogen-bond acceptors (Lipinski definition) is 4. The first kappa shape index (κ1) is 20.9. The molecule has 3 N–H and O–H groups in total. The summed E-state index contributed by atoms with van der Waals surface area (Å²) in [5.74, 6) is -0.172. The Bertz CT molecular complexity index is 714. The lowest BCUT2D eigenvalue weighted by molar-refractivity contribution is -0.121. The van der Waals surface area contributed by atoms with E-state index in [0.29, 0.717) is 25.2 Å². The molecule has 1 aliphatic rings. The molecule has 0 fully saturated rings. The molecule has 0 radical (unpaired) electrons. The lowest BCUT2D eigenvalue weighted by atomic mass is 9.86. The smallest absolute Gasteiger partial charge is 0.244 e. The number of anilines is 1. The highest BCUT2D eigenvalue weighted by Gasteiger charge is 2.35. The molecule has 1 atom stereocenters. The molecule has 1 aromatic carbocycles. The molecule has 1 heterocycles. The summed E-state index contributed by atoms with van der Waals surface area (Å²) in [4.78, 5) is 14.5. The zero-order valence-corrected chi connectivity index (χ0v) is 16.1. The number of rotatable bonds is 4. The van der Waals surface area contributed by atoms with Crippen LogP contribution in [0.4, 0.5) is 5.69 Å². The Morgan fingerprint density at radius 1 is 1.38 bits per heavy atom. The number of fused-ring (bicyclic) bond motifs is 1. The zero-order valence-electron chi connectivity index (χ0n) is 14.5. The van der Waals surface area contributed by atoms with Crippen LogP contribution in [0.15, 0.2) is 23.1 Å². The zero-order chi connectivity index (χ0) is 17.4. The van der Waals surface area contributed by atoms with Crippen molar-refractivity contribution in [3.8, 4) is 0 Å². The average molecular weight is 376 g/mol. The molecule has 0 bridgehead atoms. The topological polar surface area (TPSA) is 92.5 Å². The molecule has 0 saturated heterocycles. The van der Waals surface area contributed by atoms with Crippen LogP contribution in [0.3, 0.4) is 0 Å². The molecular weight excluding hydrogens is 350 g/mol. The van der Waals surface area contributed by atoms with Crippen LogP contribution in [0.2, 0.25) is 0 Å². The van der Waals surface area contributed by atoms with E-state index in [1.54, 1.807) is 30.0 Å². The van der Waals surface area contributed by atoms with E-state index in [1.807, 2.05) is 20.8 Å². The first-order valence-corrected chi connectivity index (χ1v) is 9.26. The largest absolute Gasteiger partial charge is 0.319 e. The van der Waals surface area contributed by atoms with Crippen molar-refractivity contribution in [1.29, 1.82) is 0 Å². The number of hydrogen-bond donors (Lipinski definition) is 2. The maximum atomic E-state index is 12.7. The van der Waals surface area contributed by atoms with Crippen molar-refractivity contribution >= 4 is 34.0 Å². The van der Waals surface area contributed by atoms with E-state index in [9.17, 15) is 13.2 Å². The predicted octanol–water partition coefficient (Wildman–Crippen LogP) is 1.67. The molecule has 8 heteroatoms. The van der Waals surface area contributed by atoms with E-state index in [1.165, 1.54) is 0 Å². The fourth-order valence-corrected chi connectivity index (χ4v) is 3.63. The monoisotopic (exact) mass is 375 g/mol. The van der Waals surface area contributed by atoms with E-state index < -0.39 is 16.1 Å². The second-order valence-electron chi connectivity index (χ2n) is 6.88. The minimum atomic E-state index is -3.55. The highest BCUT2D eigenvalue weighted by molar-refractivity contribution is 7.89. The first-order valence-electron chi connectivity index (χ1n) is 7.77. The number of halogens is 1. The maximum Gasteiger partial charge on any atom is 0.244 e. The predicted molar refractivity (Wildman–Crippen MR) is 98.0 cm³/mol. The van der Waals surface area contributed by atoms with E-state index >= 15 is 0 Å². The second-order valence-corrected chi connectivity index (χ2v) is 8.64. The van der Waals surface area contributed by atoms with Gasteiger partial charge in [0.1, 0.15) is 0 Å². The quantitative estimate of drug-likeness (QED) is 0.837. The van der Waals surface area contributed by atoms with Crippen LogP contribution in [0, 0.1) is 5.41 Å². The van der Waals surface area contributed by atoms with Gasteiger partial charge in [-0.25, -0.2) is 13.1 Å². The summed E-state index contributed by atoms with van der Waals surface area (Å²) in [5.41, 5.74) is 7.34. The van der Waals surface area contributed by atoms with Gasteiger partial charge >= 0.3 is 0 Å². The van der Waals surface area contributed by atoms with Gasteiger partial charge < -0.3 is 10.6 Å². The van der Waals surface area contributed by atoms with Crippen LogP contribution in [0.1, 0.15) is 33.3 Å². The average Bonchev–Trinajstić information content (AvgIpc) is 2.87. The fourth-order valence-electron chi connectivity index (χ4n) is 2.57. The Balaban J connectivity index is 0.00000288. The van der Waals surface area contributed by atoms with Crippen molar-refractivity contribution in [2.45, 2.75) is 45.1 Å². The third-order valence-electron chi connectivity index (χ3n) is 4.06. The van der Waals surface area contributed by atoms with E-state index in [4.69, 9.17) is 5.73 Å². The summed E-state index contributed by atoms with van der Waals surface area (Å²) >= 11 is 0. The number of nitrogens with two attached hydrogens (primary N) is 1. The second kappa shape index (κ2) is 7.39. The van der Waals surface area contributed by atoms with Crippen LogP contribution >= 0.6 is 12.4 Å². The van der Waals surface area contributed by atoms with Crippen molar-refractivity contribution in [1.82, 2.24) is 4.72 Å². The molecule has 24 heavy (non-hydrogen) atoms. The summed E-state index contributed by atoms with van der Waals surface area (Å²) in [6.45, 7) is 8.32. The summed E-state index contributed by atoms with van der Waals surface area (Å²) in [6.07, 6.45) is 0.708. The Hall–Kier alpha value is -1.15. The lowest BCUT2D eigenvalue weighted by Crippen LogP contribution is -2.50. The molecule has 1 aromatic rings. The van der Waals surface area contributed by atoms with E-state index in [-0.39, 0.29) is 28.6 Å².